The number of aryl methyl sites for hydroxylation is 1. The number of carbonyl (C=O) groups is 1. The predicted octanol–water partition coefficient (Wildman–Crippen LogP) is 3.39. The van der Waals surface area contributed by atoms with Crippen LogP contribution in [0.2, 0.25) is 0 Å². The third-order valence-electron chi connectivity index (χ3n) is 2.11. The highest BCUT2D eigenvalue weighted by Gasteiger charge is 2.06. The van der Waals surface area contributed by atoms with Crippen LogP contribution in [0.3, 0.4) is 0 Å². The molecule has 1 heterocycles. The van der Waals surface area contributed by atoms with Crippen molar-refractivity contribution in [1.29, 1.82) is 0 Å². The van der Waals surface area contributed by atoms with Gasteiger partial charge in [-0.3, -0.25) is 5.32 Å². The summed E-state index contributed by atoms with van der Waals surface area (Å²) in [5.74, 6) is 0.303. The normalized spacial score (nSPS) is 10.0. The first-order chi connectivity index (χ1) is 8.15. The van der Waals surface area contributed by atoms with Gasteiger partial charge >= 0.3 is 6.03 Å². The van der Waals surface area contributed by atoms with Crippen LogP contribution < -0.4 is 10.6 Å². The zero-order chi connectivity index (χ0) is 12.3. The molecule has 1 aromatic carbocycles. The molecule has 6 heteroatoms. The number of anilines is 2. The van der Waals surface area contributed by atoms with Crippen molar-refractivity contribution >= 4 is 33.5 Å². The summed E-state index contributed by atoms with van der Waals surface area (Å²) in [7, 11) is 0. The maximum atomic E-state index is 11.6. The Balaban J connectivity index is 2.03. The van der Waals surface area contributed by atoms with Gasteiger partial charge in [-0.25, -0.2) is 4.79 Å². The van der Waals surface area contributed by atoms with Crippen molar-refractivity contribution in [2.45, 2.75) is 6.92 Å². The van der Waals surface area contributed by atoms with E-state index in [1.807, 2.05) is 25.1 Å². The molecule has 0 aliphatic heterocycles. The van der Waals surface area contributed by atoms with Gasteiger partial charge in [0, 0.05) is 16.2 Å². The molecule has 0 atom stereocenters. The Hall–Kier alpha value is -1.82. The molecule has 0 spiro atoms. The Labute approximate surface area is 106 Å². The van der Waals surface area contributed by atoms with E-state index in [0.29, 0.717) is 5.88 Å². The lowest BCUT2D eigenvalue weighted by molar-refractivity contribution is 0.261. The van der Waals surface area contributed by atoms with E-state index in [1.54, 1.807) is 6.07 Å². The first-order valence-electron chi connectivity index (χ1n) is 4.90. The molecule has 0 radical (unpaired) electrons. The number of rotatable bonds is 2. The lowest BCUT2D eigenvalue weighted by Gasteiger charge is -2.08. The van der Waals surface area contributed by atoms with Crippen LogP contribution in [0, 0.1) is 6.92 Å². The van der Waals surface area contributed by atoms with Gasteiger partial charge in [-0.1, -0.05) is 21.1 Å². The average Bonchev–Trinajstić information content (AvgIpc) is 2.75. The largest absolute Gasteiger partial charge is 0.338 e. The average molecular weight is 296 g/mol. The van der Waals surface area contributed by atoms with Gasteiger partial charge in [0.2, 0.25) is 5.88 Å². The first-order valence-corrected chi connectivity index (χ1v) is 5.69. The Bertz CT molecular complexity index is 526. The minimum atomic E-state index is -0.368. The molecule has 0 saturated heterocycles. The van der Waals surface area contributed by atoms with Crippen molar-refractivity contribution in [2.24, 2.45) is 0 Å². The SMILES string of the molecule is Cc1cc(Br)ccc1NC(=O)Nc1ccno1. The molecule has 2 N–H and O–H groups in total. The van der Waals surface area contributed by atoms with E-state index in [4.69, 9.17) is 4.52 Å². The number of halogens is 1. The standard InChI is InChI=1S/C11H10BrN3O2/c1-7-6-8(12)2-3-9(7)14-11(16)15-10-4-5-13-17-10/h2-6H,1H3,(H2,14,15,16). The highest BCUT2D eigenvalue weighted by atomic mass is 79.9. The Morgan fingerprint density at radius 1 is 1.35 bits per heavy atom. The minimum absolute atomic E-state index is 0.303. The number of nitrogens with zero attached hydrogens (tertiary/aromatic N) is 1. The van der Waals surface area contributed by atoms with Gasteiger partial charge in [0.1, 0.15) is 0 Å². The number of benzene rings is 1. The molecule has 0 saturated carbocycles. The number of hydrogen-bond acceptors (Lipinski definition) is 3. The van der Waals surface area contributed by atoms with Crippen molar-refractivity contribution in [3.8, 4) is 0 Å². The summed E-state index contributed by atoms with van der Waals surface area (Å²) < 4.78 is 5.73. The van der Waals surface area contributed by atoms with E-state index in [1.165, 1.54) is 6.20 Å². The molecular formula is C11H10BrN3O2. The Morgan fingerprint density at radius 3 is 2.82 bits per heavy atom. The van der Waals surface area contributed by atoms with E-state index in [9.17, 15) is 4.79 Å². The molecule has 5 nitrogen and oxygen atoms in total. The topological polar surface area (TPSA) is 67.2 Å². The fourth-order valence-corrected chi connectivity index (χ4v) is 1.79. The van der Waals surface area contributed by atoms with E-state index in [0.717, 1.165) is 15.7 Å². The second-order valence-corrected chi connectivity index (χ2v) is 4.33. The van der Waals surface area contributed by atoms with Gasteiger partial charge in [-0.15, -0.1) is 0 Å². The number of carbonyl (C=O) groups excluding carboxylic acids is 1. The van der Waals surface area contributed by atoms with Gasteiger partial charge in [0.25, 0.3) is 0 Å². The van der Waals surface area contributed by atoms with Gasteiger partial charge in [0.05, 0.1) is 6.20 Å². The lowest BCUT2D eigenvalue weighted by Crippen LogP contribution is -2.19. The molecule has 1 aromatic heterocycles. The summed E-state index contributed by atoms with van der Waals surface area (Å²) in [5.41, 5.74) is 1.71. The molecular weight excluding hydrogens is 286 g/mol. The minimum Gasteiger partial charge on any atom is -0.338 e. The van der Waals surface area contributed by atoms with Crippen LogP contribution in [0.15, 0.2) is 39.5 Å². The third kappa shape index (κ3) is 3.07. The predicted molar refractivity (Wildman–Crippen MR) is 68.0 cm³/mol. The summed E-state index contributed by atoms with van der Waals surface area (Å²) in [5, 5.41) is 8.73. The quantitative estimate of drug-likeness (QED) is 0.892. The summed E-state index contributed by atoms with van der Waals surface area (Å²) in [4.78, 5) is 11.6. The maximum absolute atomic E-state index is 11.6. The molecule has 17 heavy (non-hydrogen) atoms. The number of hydrogen-bond donors (Lipinski definition) is 2. The molecule has 0 bridgehead atoms. The van der Waals surface area contributed by atoms with Crippen LogP contribution in [0.25, 0.3) is 0 Å². The molecule has 88 valence electrons. The van der Waals surface area contributed by atoms with E-state index in [-0.39, 0.29) is 6.03 Å². The lowest BCUT2D eigenvalue weighted by atomic mass is 10.2. The van der Waals surface area contributed by atoms with Gasteiger partial charge in [-0.05, 0) is 30.7 Å². The maximum Gasteiger partial charge on any atom is 0.326 e. The van der Waals surface area contributed by atoms with E-state index >= 15 is 0 Å². The van der Waals surface area contributed by atoms with Crippen molar-refractivity contribution in [3.63, 3.8) is 0 Å². The zero-order valence-corrected chi connectivity index (χ0v) is 10.6. The summed E-state index contributed by atoms with van der Waals surface area (Å²) in [6.45, 7) is 1.91. The van der Waals surface area contributed by atoms with Crippen molar-refractivity contribution < 1.29 is 9.32 Å². The molecule has 2 amide bonds. The number of aromatic nitrogens is 1. The third-order valence-corrected chi connectivity index (χ3v) is 2.60. The van der Waals surface area contributed by atoms with Gasteiger partial charge in [0.15, 0.2) is 0 Å². The van der Waals surface area contributed by atoms with Crippen molar-refractivity contribution in [3.05, 3.63) is 40.5 Å². The van der Waals surface area contributed by atoms with Crippen LogP contribution in [0.4, 0.5) is 16.4 Å². The summed E-state index contributed by atoms with van der Waals surface area (Å²) in [6.07, 6.45) is 1.46. The van der Waals surface area contributed by atoms with E-state index < -0.39 is 0 Å². The molecule has 0 aliphatic carbocycles. The highest BCUT2D eigenvalue weighted by Crippen LogP contribution is 2.20. The molecule has 2 aromatic rings. The van der Waals surface area contributed by atoms with Crippen LogP contribution in [-0.2, 0) is 0 Å². The zero-order valence-electron chi connectivity index (χ0n) is 9.03. The van der Waals surface area contributed by atoms with Crippen molar-refractivity contribution in [1.82, 2.24) is 5.16 Å². The van der Waals surface area contributed by atoms with E-state index in [2.05, 4.69) is 31.7 Å². The highest BCUT2D eigenvalue weighted by molar-refractivity contribution is 9.10. The number of amides is 2. The molecule has 0 fully saturated rings. The molecule has 2 rings (SSSR count). The van der Waals surface area contributed by atoms with Crippen LogP contribution in [0.5, 0.6) is 0 Å². The summed E-state index contributed by atoms with van der Waals surface area (Å²) in [6, 6.07) is 6.79. The van der Waals surface area contributed by atoms with Crippen molar-refractivity contribution in [2.75, 3.05) is 10.6 Å². The number of urea groups is 1. The second kappa shape index (κ2) is 5.01. The molecule has 0 aliphatic rings. The fraction of sp³-hybridized carbons (Fsp3) is 0.0909. The Kier molecular flexibility index (Phi) is 3.43. The number of nitrogens with one attached hydrogen (secondary N) is 2. The second-order valence-electron chi connectivity index (χ2n) is 3.42. The van der Waals surface area contributed by atoms with Crippen LogP contribution in [0.1, 0.15) is 5.56 Å². The van der Waals surface area contributed by atoms with Gasteiger partial charge in [-0.2, -0.15) is 0 Å². The molecule has 0 unspecified atom stereocenters. The van der Waals surface area contributed by atoms with Crippen LogP contribution >= 0.6 is 15.9 Å². The fourth-order valence-electron chi connectivity index (χ4n) is 1.31. The van der Waals surface area contributed by atoms with Crippen LogP contribution in [-0.4, -0.2) is 11.2 Å². The first kappa shape index (κ1) is 11.7. The summed E-state index contributed by atoms with van der Waals surface area (Å²) >= 11 is 3.36. The monoisotopic (exact) mass is 295 g/mol. The van der Waals surface area contributed by atoms with Gasteiger partial charge < -0.3 is 9.84 Å². The smallest absolute Gasteiger partial charge is 0.326 e. The Morgan fingerprint density at radius 2 is 2.18 bits per heavy atom.